The van der Waals surface area contributed by atoms with E-state index in [0.29, 0.717) is 25.6 Å². The zero-order chi connectivity index (χ0) is 13.5. The second-order valence-corrected chi connectivity index (χ2v) is 4.98. The molecule has 2 amide bonds. The van der Waals surface area contributed by atoms with Gasteiger partial charge in [0.15, 0.2) is 0 Å². The summed E-state index contributed by atoms with van der Waals surface area (Å²) in [4.78, 5) is 24.4. The number of carbonyl (C=O) groups is 2. The van der Waals surface area contributed by atoms with Crippen LogP contribution in [0.4, 0.5) is 0 Å². The fraction of sp³-hybridized carbons (Fsp3) is 0.833. The second-order valence-electron chi connectivity index (χ2n) is 4.98. The average Bonchev–Trinajstić information content (AvgIpc) is 2.72. The highest BCUT2D eigenvalue weighted by Gasteiger charge is 2.26. The van der Waals surface area contributed by atoms with Gasteiger partial charge < -0.3 is 16.4 Å². The van der Waals surface area contributed by atoms with Gasteiger partial charge in [-0.25, -0.2) is 0 Å². The summed E-state index contributed by atoms with van der Waals surface area (Å²) in [6.45, 7) is 6.68. The standard InChI is InChI=1S/C12H24N4O2/c1-9(13)11-3-6-16(7-11)8-12(18)15-5-4-14-10(2)17/h9,11H,3-8,13H2,1-2H3,(H,14,17)(H,15,18). The van der Waals surface area contributed by atoms with E-state index in [1.807, 2.05) is 6.92 Å². The van der Waals surface area contributed by atoms with Crippen molar-refractivity contribution in [2.75, 3.05) is 32.7 Å². The van der Waals surface area contributed by atoms with E-state index in [0.717, 1.165) is 19.5 Å². The maximum absolute atomic E-state index is 11.6. The molecule has 0 aromatic rings. The predicted octanol–water partition coefficient (Wildman–Crippen LogP) is -1.09. The molecule has 1 aliphatic heterocycles. The molecular formula is C12H24N4O2. The molecule has 6 nitrogen and oxygen atoms in total. The maximum Gasteiger partial charge on any atom is 0.234 e. The van der Waals surface area contributed by atoms with Crippen molar-refractivity contribution < 1.29 is 9.59 Å². The summed E-state index contributed by atoms with van der Waals surface area (Å²) in [6, 6.07) is 0.192. The molecule has 1 aliphatic rings. The topological polar surface area (TPSA) is 87.5 Å². The Hall–Kier alpha value is -1.14. The minimum atomic E-state index is -0.0800. The van der Waals surface area contributed by atoms with Crippen LogP contribution >= 0.6 is 0 Å². The highest BCUT2D eigenvalue weighted by atomic mass is 16.2. The first-order valence-corrected chi connectivity index (χ1v) is 6.48. The summed E-state index contributed by atoms with van der Waals surface area (Å²) in [6.07, 6.45) is 1.07. The van der Waals surface area contributed by atoms with E-state index in [2.05, 4.69) is 15.5 Å². The third-order valence-corrected chi connectivity index (χ3v) is 3.24. The molecule has 4 N–H and O–H groups in total. The quantitative estimate of drug-likeness (QED) is 0.527. The smallest absolute Gasteiger partial charge is 0.234 e. The van der Waals surface area contributed by atoms with Crippen molar-refractivity contribution in [3.63, 3.8) is 0 Å². The molecule has 0 aromatic heterocycles. The van der Waals surface area contributed by atoms with E-state index < -0.39 is 0 Å². The van der Waals surface area contributed by atoms with Crippen LogP contribution < -0.4 is 16.4 Å². The number of nitrogens with two attached hydrogens (primary N) is 1. The first-order valence-electron chi connectivity index (χ1n) is 6.48. The molecule has 104 valence electrons. The van der Waals surface area contributed by atoms with Crippen LogP contribution in [0, 0.1) is 5.92 Å². The van der Waals surface area contributed by atoms with Crippen molar-refractivity contribution >= 4 is 11.8 Å². The normalized spacial score (nSPS) is 21.6. The fourth-order valence-corrected chi connectivity index (χ4v) is 2.13. The zero-order valence-corrected chi connectivity index (χ0v) is 11.2. The van der Waals surface area contributed by atoms with Crippen LogP contribution in [0.2, 0.25) is 0 Å². The Bertz CT molecular complexity index is 294. The summed E-state index contributed by atoms with van der Waals surface area (Å²) in [5, 5.41) is 5.42. The molecule has 0 bridgehead atoms. The van der Waals surface area contributed by atoms with E-state index in [-0.39, 0.29) is 17.9 Å². The number of nitrogens with one attached hydrogen (secondary N) is 2. The van der Waals surface area contributed by atoms with Gasteiger partial charge in [0.1, 0.15) is 0 Å². The molecule has 0 aliphatic carbocycles. The summed E-state index contributed by atoms with van der Waals surface area (Å²) in [7, 11) is 0. The van der Waals surface area contributed by atoms with Crippen LogP contribution in [-0.2, 0) is 9.59 Å². The van der Waals surface area contributed by atoms with Crippen LogP contribution in [0.1, 0.15) is 20.3 Å². The molecule has 0 saturated carbocycles. The number of rotatable bonds is 6. The lowest BCUT2D eigenvalue weighted by atomic mass is 10.0. The van der Waals surface area contributed by atoms with Gasteiger partial charge in [0.2, 0.25) is 11.8 Å². The Balaban J connectivity index is 2.12. The number of amides is 2. The Morgan fingerprint density at radius 3 is 2.61 bits per heavy atom. The van der Waals surface area contributed by atoms with E-state index in [9.17, 15) is 9.59 Å². The van der Waals surface area contributed by atoms with Gasteiger partial charge in [-0.1, -0.05) is 0 Å². The van der Waals surface area contributed by atoms with Crippen molar-refractivity contribution in [1.82, 2.24) is 15.5 Å². The fourth-order valence-electron chi connectivity index (χ4n) is 2.13. The van der Waals surface area contributed by atoms with Gasteiger partial charge in [-0.15, -0.1) is 0 Å². The SMILES string of the molecule is CC(=O)NCCNC(=O)CN1CCC(C(C)N)C1. The van der Waals surface area contributed by atoms with Gasteiger partial charge in [-0.05, 0) is 25.8 Å². The Labute approximate surface area is 108 Å². The average molecular weight is 256 g/mol. The van der Waals surface area contributed by atoms with E-state index in [1.54, 1.807) is 0 Å². The zero-order valence-electron chi connectivity index (χ0n) is 11.2. The van der Waals surface area contributed by atoms with Crippen molar-refractivity contribution in [2.45, 2.75) is 26.3 Å². The lowest BCUT2D eigenvalue weighted by Gasteiger charge is -2.17. The first-order chi connectivity index (χ1) is 8.49. The Morgan fingerprint density at radius 2 is 2.06 bits per heavy atom. The van der Waals surface area contributed by atoms with Crippen molar-refractivity contribution in [3.8, 4) is 0 Å². The van der Waals surface area contributed by atoms with Gasteiger partial charge in [0.05, 0.1) is 6.54 Å². The lowest BCUT2D eigenvalue weighted by molar-refractivity contribution is -0.122. The number of hydrogen-bond donors (Lipinski definition) is 3. The molecule has 1 heterocycles. The minimum Gasteiger partial charge on any atom is -0.355 e. The van der Waals surface area contributed by atoms with Crippen LogP contribution in [0.5, 0.6) is 0 Å². The third kappa shape index (κ3) is 5.46. The molecule has 2 unspecified atom stereocenters. The van der Waals surface area contributed by atoms with Gasteiger partial charge in [-0.2, -0.15) is 0 Å². The summed E-state index contributed by atoms with van der Waals surface area (Å²) < 4.78 is 0. The molecule has 0 aromatic carbocycles. The van der Waals surface area contributed by atoms with Gasteiger partial charge in [-0.3, -0.25) is 14.5 Å². The molecule has 1 rings (SSSR count). The molecule has 18 heavy (non-hydrogen) atoms. The van der Waals surface area contributed by atoms with Crippen molar-refractivity contribution in [2.24, 2.45) is 11.7 Å². The highest BCUT2D eigenvalue weighted by Crippen LogP contribution is 2.17. The summed E-state index contributed by atoms with van der Waals surface area (Å²) in [5.74, 6) is 0.423. The molecular weight excluding hydrogens is 232 g/mol. The number of nitrogens with zero attached hydrogens (tertiary/aromatic N) is 1. The number of carbonyl (C=O) groups excluding carboxylic acids is 2. The second kappa shape index (κ2) is 7.33. The molecule has 6 heteroatoms. The predicted molar refractivity (Wildman–Crippen MR) is 69.9 cm³/mol. The van der Waals surface area contributed by atoms with Crippen LogP contribution in [0.25, 0.3) is 0 Å². The Morgan fingerprint density at radius 1 is 1.39 bits per heavy atom. The number of hydrogen-bond acceptors (Lipinski definition) is 4. The Kier molecular flexibility index (Phi) is 6.07. The van der Waals surface area contributed by atoms with E-state index in [4.69, 9.17) is 5.73 Å². The van der Waals surface area contributed by atoms with Crippen molar-refractivity contribution in [1.29, 1.82) is 0 Å². The molecule has 2 atom stereocenters. The number of likely N-dealkylation sites (tertiary alicyclic amines) is 1. The van der Waals surface area contributed by atoms with Gasteiger partial charge >= 0.3 is 0 Å². The monoisotopic (exact) mass is 256 g/mol. The lowest BCUT2D eigenvalue weighted by Crippen LogP contribution is -2.40. The van der Waals surface area contributed by atoms with Crippen LogP contribution in [0.15, 0.2) is 0 Å². The summed E-state index contributed by atoms with van der Waals surface area (Å²) in [5.41, 5.74) is 5.85. The third-order valence-electron chi connectivity index (χ3n) is 3.24. The van der Waals surface area contributed by atoms with E-state index in [1.165, 1.54) is 6.92 Å². The highest BCUT2D eigenvalue weighted by molar-refractivity contribution is 5.78. The molecule has 1 saturated heterocycles. The molecule has 1 fully saturated rings. The first kappa shape index (κ1) is 14.9. The van der Waals surface area contributed by atoms with Gasteiger partial charge in [0, 0.05) is 32.6 Å². The largest absolute Gasteiger partial charge is 0.355 e. The molecule has 0 radical (unpaired) electrons. The maximum atomic E-state index is 11.6. The molecule has 0 spiro atoms. The van der Waals surface area contributed by atoms with Crippen LogP contribution in [-0.4, -0.2) is 55.5 Å². The van der Waals surface area contributed by atoms with Gasteiger partial charge in [0.25, 0.3) is 0 Å². The summed E-state index contributed by atoms with van der Waals surface area (Å²) >= 11 is 0. The van der Waals surface area contributed by atoms with Crippen molar-refractivity contribution in [3.05, 3.63) is 0 Å². The minimum absolute atomic E-state index is 0.00526. The van der Waals surface area contributed by atoms with Crippen LogP contribution in [0.3, 0.4) is 0 Å². The van der Waals surface area contributed by atoms with E-state index >= 15 is 0 Å².